The Hall–Kier alpha value is -1.45. The SMILES string of the molecule is CCNc1nc(N2CCc3ccccc32)c(Cl)cc1Cl. The lowest BCUT2D eigenvalue weighted by molar-refractivity contribution is 0.973. The summed E-state index contributed by atoms with van der Waals surface area (Å²) in [6.45, 7) is 3.67. The van der Waals surface area contributed by atoms with Crippen molar-refractivity contribution in [2.24, 2.45) is 0 Å². The molecule has 0 amide bonds. The van der Waals surface area contributed by atoms with E-state index in [9.17, 15) is 0 Å². The molecule has 2 heterocycles. The number of nitrogens with zero attached hydrogens (tertiary/aromatic N) is 2. The molecule has 0 atom stereocenters. The van der Waals surface area contributed by atoms with Gasteiger partial charge >= 0.3 is 0 Å². The van der Waals surface area contributed by atoms with Crippen LogP contribution in [0, 0.1) is 0 Å². The lowest BCUT2D eigenvalue weighted by Gasteiger charge is -2.21. The van der Waals surface area contributed by atoms with Crippen molar-refractivity contribution in [1.82, 2.24) is 4.98 Å². The van der Waals surface area contributed by atoms with E-state index >= 15 is 0 Å². The first-order chi connectivity index (χ1) is 9.70. The molecule has 1 aliphatic heterocycles. The van der Waals surface area contributed by atoms with Crippen LogP contribution in [0.3, 0.4) is 0 Å². The smallest absolute Gasteiger partial charge is 0.154 e. The Morgan fingerprint density at radius 2 is 2.05 bits per heavy atom. The first-order valence-corrected chi connectivity index (χ1v) is 7.41. The van der Waals surface area contributed by atoms with Crippen LogP contribution in [0.1, 0.15) is 12.5 Å². The molecule has 20 heavy (non-hydrogen) atoms. The third kappa shape index (κ3) is 2.32. The largest absolute Gasteiger partial charge is 0.369 e. The molecule has 5 heteroatoms. The maximum Gasteiger partial charge on any atom is 0.154 e. The number of rotatable bonds is 3. The number of nitrogens with one attached hydrogen (secondary N) is 1. The fraction of sp³-hybridized carbons (Fsp3) is 0.267. The van der Waals surface area contributed by atoms with Gasteiger partial charge in [0.25, 0.3) is 0 Å². The number of hydrogen-bond donors (Lipinski definition) is 1. The van der Waals surface area contributed by atoms with Crippen LogP contribution in [-0.4, -0.2) is 18.1 Å². The number of aromatic nitrogens is 1. The molecule has 0 aliphatic carbocycles. The summed E-state index contributed by atoms with van der Waals surface area (Å²) in [5.41, 5.74) is 2.50. The van der Waals surface area contributed by atoms with Crippen molar-refractivity contribution in [1.29, 1.82) is 0 Å². The van der Waals surface area contributed by atoms with Crippen molar-refractivity contribution in [2.45, 2.75) is 13.3 Å². The zero-order chi connectivity index (χ0) is 14.1. The van der Waals surface area contributed by atoms with Gasteiger partial charge in [-0.1, -0.05) is 41.4 Å². The Kier molecular flexibility index (Phi) is 3.72. The summed E-state index contributed by atoms with van der Waals surface area (Å²) in [6.07, 6.45) is 1.01. The van der Waals surface area contributed by atoms with Gasteiger partial charge in [-0.15, -0.1) is 0 Å². The molecular formula is C15H15Cl2N3. The molecule has 2 aromatic rings. The van der Waals surface area contributed by atoms with E-state index in [1.54, 1.807) is 6.07 Å². The Balaban J connectivity index is 2.05. The Labute approximate surface area is 128 Å². The van der Waals surface area contributed by atoms with E-state index in [0.29, 0.717) is 15.9 Å². The number of halogens is 2. The predicted octanol–water partition coefficient (Wildman–Crippen LogP) is 4.51. The maximum absolute atomic E-state index is 6.33. The summed E-state index contributed by atoms with van der Waals surface area (Å²) in [4.78, 5) is 6.74. The van der Waals surface area contributed by atoms with Crippen LogP contribution in [0.4, 0.5) is 17.3 Å². The van der Waals surface area contributed by atoms with Crippen LogP contribution in [0.5, 0.6) is 0 Å². The monoisotopic (exact) mass is 307 g/mol. The molecular weight excluding hydrogens is 293 g/mol. The van der Waals surface area contributed by atoms with E-state index in [2.05, 4.69) is 33.4 Å². The molecule has 1 N–H and O–H groups in total. The Bertz CT molecular complexity index is 643. The average Bonchev–Trinajstić information content (AvgIpc) is 2.86. The highest BCUT2D eigenvalue weighted by atomic mass is 35.5. The second-order valence-corrected chi connectivity index (χ2v) is 5.50. The van der Waals surface area contributed by atoms with Gasteiger partial charge in [0.1, 0.15) is 5.82 Å². The van der Waals surface area contributed by atoms with Crippen molar-refractivity contribution < 1.29 is 0 Å². The van der Waals surface area contributed by atoms with Crippen LogP contribution in [0.2, 0.25) is 10.0 Å². The summed E-state index contributed by atoms with van der Waals surface area (Å²) in [5.74, 6) is 1.44. The third-order valence-electron chi connectivity index (χ3n) is 3.40. The summed E-state index contributed by atoms with van der Waals surface area (Å²) < 4.78 is 0. The van der Waals surface area contributed by atoms with Crippen molar-refractivity contribution in [3.63, 3.8) is 0 Å². The predicted molar refractivity (Wildman–Crippen MR) is 85.6 cm³/mol. The molecule has 0 radical (unpaired) electrons. The van der Waals surface area contributed by atoms with Gasteiger partial charge in [0.2, 0.25) is 0 Å². The molecule has 3 rings (SSSR count). The van der Waals surface area contributed by atoms with Gasteiger partial charge in [0.15, 0.2) is 5.82 Å². The molecule has 0 fully saturated rings. The van der Waals surface area contributed by atoms with Crippen LogP contribution in [-0.2, 0) is 6.42 Å². The van der Waals surface area contributed by atoms with Gasteiger partial charge in [-0.3, -0.25) is 0 Å². The van der Waals surface area contributed by atoms with Crippen LogP contribution in [0.25, 0.3) is 0 Å². The van der Waals surface area contributed by atoms with Crippen molar-refractivity contribution >= 4 is 40.5 Å². The van der Waals surface area contributed by atoms with Crippen LogP contribution in [0.15, 0.2) is 30.3 Å². The van der Waals surface area contributed by atoms with Gasteiger partial charge in [0, 0.05) is 18.8 Å². The van der Waals surface area contributed by atoms with Gasteiger partial charge in [-0.25, -0.2) is 4.98 Å². The van der Waals surface area contributed by atoms with E-state index in [-0.39, 0.29) is 0 Å². The minimum atomic E-state index is 0.549. The molecule has 0 bridgehead atoms. The van der Waals surface area contributed by atoms with Gasteiger partial charge < -0.3 is 10.2 Å². The lowest BCUT2D eigenvalue weighted by Crippen LogP contribution is -2.16. The third-order valence-corrected chi connectivity index (χ3v) is 3.96. The average molecular weight is 308 g/mol. The van der Waals surface area contributed by atoms with Crippen molar-refractivity contribution in [3.05, 3.63) is 45.9 Å². The first kappa shape index (κ1) is 13.5. The number of hydrogen-bond acceptors (Lipinski definition) is 3. The Morgan fingerprint density at radius 3 is 2.85 bits per heavy atom. The fourth-order valence-corrected chi connectivity index (χ4v) is 3.02. The van der Waals surface area contributed by atoms with E-state index < -0.39 is 0 Å². The van der Waals surface area contributed by atoms with E-state index in [4.69, 9.17) is 23.2 Å². The number of fused-ring (bicyclic) bond motifs is 1. The van der Waals surface area contributed by atoms with E-state index in [1.807, 2.05) is 13.0 Å². The van der Waals surface area contributed by atoms with E-state index in [1.165, 1.54) is 11.3 Å². The Morgan fingerprint density at radius 1 is 1.25 bits per heavy atom. The highest BCUT2D eigenvalue weighted by Gasteiger charge is 2.23. The molecule has 1 aromatic carbocycles. The molecule has 1 aliphatic rings. The quantitative estimate of drug-likeness (QED) is 0.904. The highest BCUT2D eigenvalue weighted by Crippen LogP contribution is 2.39. The van der Waals surface area contributed by atoms with Gasteiger partial charge in [0.05, 0.1) is 10.0 Å². The summed E-state index contributed by atoms with van der Waals surface area (Å²) in [7, 11) is 0. The zero-order valence-corrected chi connectivity index (χ0v) is 12.7. The molecule has 0 saturated heterocycles. The summed E-state index contributed by atoms with van der Waals surface area (Å²) in [6, 6.07) is 10.1. The number of para-hydroxylation sites is 1. The zero-order valence-electron chi connectivity index (χ0n) is 11.2. The summed E-state index contributed by atoms with van der Waals surface area (Å²) in [5, 5.41) is 4.29. The standard InChI is InChI=1S/C15H15Cl2N3/c1-2-18-14-11(16)9-12(17)15(19-14)20-8-7-10-5-3-4-6-13(10)20/h3-6,9H,2,7-8H2,1H3,(H,18,19). The minimum absolute atomic E-state index is 0.549. The number of anilines is 3. The fourth-order valence-electron chi connectivity index (χ4n) is 2.50. The van der Waals surface area contributed by atoms with E-state index in [0.717, 1.165) is 25.3 Å². The minimum Gasteiger partial charge on any atom is -0.369 e. The maximum atomic E-state index is 6.33. The second-order valence-electron chi connectivity index (χ2n) is 4.68. The number of pyridine rings is 1. The van der Waals surface area contributed by atoms with Crippen LogP contribution >= 0.6 is 23.2 Å². The molecule has 104 valence electrons. The van der Waals surface area contributed by atoms with Crippen LogP contribution < -0.4 is 10.2 Å². The number of benzene rings is 1. The van der Waals surface area contributed by atoms with Crippen molar-refractivity contribution in [3.8, 4) is 0 Å². The van der Waals surface area contributed by atoms with Gasteiger partial charge in [-0.2, -0.15) is 0 Å². The normalized spacial score (nSPS) is 13.4. The highest BCUT2D eigenvalue weighted by molar-refractivity contribution is 6.37. The topological polar surface area (TPSA) is 28.2 Å². The molecule has 0 spiro atoms. The van der Waals surface area contributed by atoms with Crippen molar-refractivity contribution in [2.75, 3.05) is 23.3 Å². The molecule has 1 aromatic heterocycles. The second kappa shape index (κ2) is 5.51. The first-order valence-electron chi connectivity index (χ1n) is 6.66. The molecule has 3 nitrogen and oxygen atoms in total. The summed E-state index contributed by atoms with van der Waals surface area (Å²) >= 11 is 12.5. The molecule has 0 unspecified atom stereocenters. The molecule has 0 saturated carbocycles. The lowest BCUT2D eigenvalue weighted by atomic mass is 10.2. The van der Waals surface area contributed by atoms with Gasteiger partial charge in [-0.05, 0) is 31.0 Å².